The molecule has 0 radical (unpaired) electrons. The number of thiophene rings is 1. The molecule has 1 spiro atoms. The maximum absolute atomic E-state index is 2.55. The van der Waals surface area contributed by atoms with Crippen LogP contribution in [0.2, 0.25) is 0 Å². The lowest BCUT2D eigenvalue weighted by atomic mass is 9.66. The summed E-state index contributed by atoms with van der Waals surface area (Å²) in [6.07, 6.45) is 0. The van der Waals surface area contributed by atoms with Crippen LogP contribution in [-0.2, 0) is 5.41 Å². The van der Waals surface area contributed by atoms with Crippen molar-refractivity contribution in [1.29, 1.82) is 0 Å². The van der Waals surface area contributed by atoms with Crippen molar-refractivity contribution in [2.75, 3.05) is 9.80 Å². The molecule has 0 amide bonds. The largest absolute Gasteiger partial charge is 0.308 e. The Kier molecular flexibility index (Phi) is 9.45. The quantitative estimate of drug-likeness (QED) is 0.170. The Morgan fingerprint density at radius 1 is 0.303 bits per heavy atom. The monoisotopic (exact) mass is 982 g/mol. The molecule has 3 heteroatoms. The molecule has 0 fully saturated rings. The van der Waals surface area contributed by atoms with Crippen molar-refractivity contribution in [2.45, 2.75) is 5.41 Å². The molecule has 354 valence electrons. The fourth-order valence-corrected chi connectivity index (χ4v) is 14.4. The van der Waals surface area contributed by atoms with Gasteiger partial charge in [0.15, 0.2) is 0 Å². The van der Waals surface area contributed by atoms with E-state index in [1.54, 1.807) is 0 Å². The predicted octanol–water partition coefficient (Wildman–Crippen LogP) is 20.3. The number of para-hydroxylation sites is 3. The minimum Gasteiger partial charge on any atom is -0.308 e. The lowest BCUT2D eigenvalue weighted by Crippen LogP contribution is -2.29. The van der Waals surface area contributed by atoms with Gasteiger partial charge in [-0.05, 0) is 145 Å². The number of nitrogens with zero attached hydrogens (tertiary/aromatic N) is 2. The van der Waals surface area contributed by atoms with Crippen LogP contribution in [-0.4, -0.2) is 0 Å². The molecular weight excluding hydrogens is 937 g/mol. The van der Waals surface area contributed by atoms with Crippen LogP contribution in [0.15, 0.2) is 279 Å². The Morgan fingerprint density at radius 3 is 1.55 bits per heavy atom. The van der Waals surface area contributed by atoms with Crippen molar-refractivity contribution >= 4 is 65.6 Å². The molecule has 2 nitrogen and oxygen atoms in total. The summed E-state index contributed by atoms with van der Waals surface area (Å²) in [5.74, 6) is 0. The summed E-state index contributed by atoms with van der Waals surface area (Å²) in [5, 5.41) is 2.63. The smallest absolute Gasteiger partial charge is 0.0781 e. The third-order valence-electron chi connectivity index (χ3n) is 16.4. The van der Waals surface area contributed by atoms with E-state index in [1.807, 2.05) is 11.3 Å². The summed E-state index contributed by atoms with van der Waals surface area (Å²) in [5.41, 5.74) is 25.8. The summed E-state index contributed by atoms with van der Waals surface area (Å²) in [6, 6.07) is 104. The Hall–Kier alpha value is -9.54. The number of hydrogen-bond acceptors (Lipinski definition) is 3. The van der Waals surface area contributed by atoms with Crippen LogP contribution in [0.4, 0.5) is 34.1 Å². The van der Waals surface area contributed by atoms with Gasteiger partial charge in [0, 0.05) is 48.4 Å². The minimum absolute atomic E-state index is 0.636. The van der Waals surface area contributed by atoms with Crippen LogP contribution in [0, 0.1) is 0 Å². The van der Waals surface area contributed by atoms with Crippen molar-refractivity contribution in [3.8, 4) is 66.8 Å². The topological polar surface area (TPSA) is 6.48 Å². The van der Waals surface area contributed by atoms with Crippen molar-refractivity contribution < 1.29 is 0 Å². The van der Waals surface area contributed by atoms with E-state index in [4.69, 9.17) is 0 Å². The van der Waals surface area contributed by atoms with Crippen molar-refractivity contribution in [2.24, 2.45) is 0 Å². The van der Waals surface area contributed by atoms with Gasteiger partial charge in [-0.3, -0.25) is 0 Å². The predicted molar refractivity (Wildman–Crippen MR) is 320 cm³/mol. The summed E-state index contributed by atoms with van der Waals surface area (Å²) < 4.78 is 2.63. The molecule has 12 aromatic carbocycles. The maximum atomic E-state index is 2.55. The van der Waals surface area contributed by atoms with E-state index in [0.29, 0.717) is 0 Å². The van der Waals surface area contributed by atoms with E-state index in [1.165, 1.54) is 109 Å². The lowest BCUT2D eigenvalue weighted by molar-refractivity contribution is 0.776. The van der Waals surface area contributed by atoms with Gasteiger partial charge in [0.25, 0.3) is 0 Å². The first-order chi connectivity index (χ1) is 37.7. The molecule has 2 heterocycles. The van der Waals surface area contributed by atoms with Crippen LogP contribution in [0.1, 0.15) is 22.3 Å². The fourth-order valence-electron chi connectivity index (χ4n) is 13.3. The SMILES string of the molecule is c1ccc(-c2ccc(N(c3ccc4c(c3)-c3ccccc3-c3ccccc3C43c4ccccc4-c4cc5c(cc43)sc3ccccc35)c3cccc4c3N(c3ccccc3)c3ccccc3-c3ccccc3-4)cc2)cc1. The van der Waals surface area contributed by atoms with Crippen LogP contribution in [0.3, 0.4) is 0 Å². The average Bonchev–Trinajstić information content (AvgIpc) is 4.15. The number of benzene rings is 12. The molecule has 1 aromatic heterocycles. The molecule has 1 unspecified atom stereocenters. The zero-order valence-corrected chi connectivity index (χ0v) is 42.2. The fraction of sp³-hybridized carbons (Fsp3) is 0.0137. The van der Waals surface area contributed by atoms with Gasteiger partial charge in [0.2, 0.25) is 0 Å². The second-order valence-corrected chi connectivity index (χ2v) is 21.3. The van der Waals surface area contributed by atoms with E-state index in [-0.39, 0.29) is 0 Å². The van der Waals surface area contributed by atoms with Crippen molar-refractivity contribution in [1.82, 2.24) is 0 Å². The maximum Gasteiger partial charge on any atom is 0.0781 e. The molecule has 13 aromatic rings. The van der Waals surface area contributed by atoms with Gasteiger partial charge >= 0.3 is 0 Å². The van der Waals surface area contributed by atoms with E-state index in [2.05, 4.69) is 289 Å². The number of rotatable bonds is 5. The van der Waals surface area contributed by atoms with Crippen LogP contribution >= 0.6 is 11.3 Å². The molecule has 3 aliphatic rings. The second-order valence-electron chi connectivity index (χ2n) is 20.3. The summed E-state index contributed by atoms with van der Waals surface area (Å²) in [6.45, 7) is 0. The molecule has 0 saturated heterocycles. The average molecular weight is 983 g/mol. The van der Waals surface area contributed by atoms with Gasteiger partial charge in [-0.15, -0.1) is 11.3 Å². The highest BCUT2D eigenvalue weighted by Crippen LogP contribution is 2.64. The molecule has 0 N–H and O–H groups in total. The number of hydrogen-bond donors (Lipinski definition) is 0. The molecule has 16 rings (SSSR count). The zero-order chi connectivity index (χ0) is 49.9. The van der Waals surface area contributed by atoms with E-state index in [0.717, 1.165) is 34.1 Å². The third-order valence-corrected chi connectivity index (χ3v) is 17.6. The van der Waals surface area contributed by atoms with E-state index in [9.17, 15) is 0 Å². The van der Waals surface area contributed by atoms with Crippen molar-refractivity contribution in [3.05, 3.63) is 301 Å². The zero-order valence-electron chi connectivity index (χ0n) is 41.4. The lowest BCUT2D eigenvalue weighted by Gasteiger charge is -2.37. The van der Waals surface area contributed by atoms with Gasteiger partial charge < -0.3 is 9.80 Å². The molecule has 0 saturated carbocycles. The summed E-state index contributed by atoms with van der Waals surface area (Å²) in [4.78, 5) is 5.02. The molecular formula is C73H46N2S. The molecule has 0 bridgehead atoms. The molecule has 1 atom stereocenters. The number of anilines is 6. The van der Waals surface area contributed by atoms with E-state index < -0.39 is 5.41 Å². The highest BCUT2D eigenvalue weighted by Gasteiger charge is 2.50. The van der Waals surface area contributed by atoms with Crippen LogP contribution < -0.4 is 9.80 Å². The van der Waals surface area contributed by atoms with E-state index >= 15 is 0 Å². The molecule has 76 heavy (non-hydrogen) atoms. The number of fused-ring (bicyclic) bond motifs is 20. The first kappa shape index (κ1) is 42.9. The Balaban J connectivity index is 1.01. The minimum atomic E-state index is -0.636. The Bertz CT molecular complexity index is 4480. The Morgan fingerprint density at radius 2 is 0.816 bits per heavy atom. The van der Waals surface area contributed by atoms with Gasteiger partial charge in [-0.25, -0.2) is 0 Å². The Labute approximate surface area is 446 Å². The van der Waals surface area contributed by atoms with Gasteiger partial charge in [-0.1, -0.05) is 212 Å². The van der Waals surface area contributed by atoms with Gasteiger partial charge in [-0.2, -0.15) is 0 Å². The molecule has 2 aliphatic carbocycles. The standard InChI is InChI=1S/C73H46N2S/c1-3-20-47(21-4-1)48-38-40-50(41-39-48)74(69-36-19-32-60-54-26-9-8-25-53(54)58-30-13-17-35-68(58)75(72(60)69)49-22-5-2-6-23-49)51-42-43-66-61(44-51)55-27-10-7-24-52(55)56-28-11-15-33-64(56)73(66)65-34-16-12-29-57(65)62-45-63-59-31-14-18-37-70(59)76-71(63)46-67(62)73/h1-46H. The first-order valence-corrected chi connectivity index (χ1v) is 27.1. The normalized spacial score (nSPS) is 14.3. The first-order valence-electron chi connectivity index (χ1n) is 26.2. The van der Waals surface area contributed by atoms with Crippen molar-refractivity contribution in [3.63, 3.8) is 0 Å². The van der Waals surface area contributed by atoms with Crippen LogP contribution in [0.5, 0.6) is 0 Å². The summed E-state index contributed by atoms with van der Waals surface area (Å²) in [7, 11) is 0. The van der Waals surface area contributed by atoms with Gasteiger partial charge in [0.05, 0.1) is 22.5 Å². The summed E-state index contributed by atoms with van der Waals surface area (Å²) >= 11 is 1.90. The highest BCUT2D eigenvalue weighted by atomic mass is 32.1. The molecule has 1 aliphatic heterocycles. The van der Waals surface area contributed by atoms with Crippen LogP contribution in [0.25, 0.3) is 86.9 Å². The van der Waals surface area contributed by atoms with Gasteiger partial charge in [0.1, 0.15) is 0 Å². The second kappa shape index (κ2) is 16.7. The highest BCUT2D eigenvalue weighted by molar-refractivity contribution is 7.25. The third kappa shape index (κ3) is 6.15.